The number of anilines is 1. The number of hydrogen-bond donors (Lipinski definition) is 1. The molecule has 0 saturated heterocycles. The van der Waals surface area contributed by atoms with Crippen LogP contribution in [0.4, 0.5) is 5.82 Å². The molecule has 0 aromatic carbocycles. The molecule has 1 N–H and O–H groups in total. The van der Waals surface area contributed by atoms with Crippen LogP contribution in [0.1, 0.15) is 16.1 Å². The molecule has 5 nitrogen and oxygen atoms in total. The summed E-state index contributed by atoms with van der Waals surface area (Å²) in [6, 6.07) is 3.54. The number of hydrogen-bond acceptors (Lipinski definition) is 5. The first-order valence-electron chi connectivity index (χ1n) is 5.96. The molecule has 0 aliphatic carbocycles. The SMILES string of the molecule is CN(C)c1ncccc1C(=O)NCCc1cscn1. The molecule has 0 aliphatic rings. The summed E-state index contributed by atoms with van der Waals surface area (Å²) in [5.74, 6) is 0.570. The van der Waals surface area contributed by atoms with E-state index in [2.05, 4.69) is 15.3 Å². The summed E-state index contributed by atoms with van der Waals surface area (Å²) in [4.78, 5) is 22.3. The van der Waals surface area contributed by atoms with E-state index in [0.717, 1.165) is 12.1 Å². The molecule has 1 amide bonds. The van der Waals surface area contributed by atoms with Crippen molar-refractivity contribution in [3.63, 3.8) is 0 Å². The van der Waals surface area contributed by atoms with Gasteiger partial charge < -0.3 is 10.2 Å². The Morgan fingerprint density at radius 2 is 2.26 bits per heavy atom. The van der Waals surface area contributed by atoms with Crippen LogP contribution in [0.5, 0.6) is 0 Å². The number of pyridine rings is 1. The number of carbonyl (C=O) groups excluding carboxylic acids is 1. The van der Waals surface area contributed by atoms with Crippen LogP contribution < -0.4 is 10.2 Å². The highest BCUT2D eigenvalue weighted by molar-refractivity contribution is 7.07. The highest BCUT2D eigenvalue weighted by Crippen LogP contribution is 2.13. The number of thiazole rings is 1. The molecule has 0 atom stereocenters. The fourth-order valence-electron chi connectivity index (χ4n) is 1.69. The minimum absolute atomic E-state index is 0.105. The molecule has 0 saturated carbocycles. The lowest BCUT2D eigenvalue weighted by atomic mass is 10.2. The molecule has 0 spiro atoms. The first kappa shape index (κ1) is 13.5. The molecule has 0 bridgehead atoms. The Bertz CT molecular complexity index is 539. The zero-order valence-corrected chi connectivity index (χ0v) is 11.8. The van der Waals surface area contributed by atoms with Gasteiger partial charge in [-0.15, -0.1) is 11.3 Å². The topological polar surface area (TPSA) is 58.1 Å². The lowest BCUT2D eigenvalue weighted by Crippen LogP contribution is -2.28. The van der Waals surface area contributed by atoms with E-state index in [4.69, 9.17) is 0 Å². The van der Waals surface area contributed by atoms with Crippen LogP contribution in [0.2, 0.25) is 0 Å². The third-order valence-corrected chi connectivity index (χ3v) is 3.24. The van der Waals surface area contributed by atoms with Gasteiger partial charge in [0.05, 0.1) is 16.8 Å². The number of rotatable bonds is 5. The van der Waals surface area contributed by atoms with Gasteiger partial charge in [-0.2, -0.15) is 0 Å². The Labute approximate surface area is 116 Å². The third kappa shape index (κ3) is 3.51. The molecule has 100 valence electrons. The lowest BCUT2D eigenvalue weighted by molar-refractivity contribution is 0.0954. The molecule has 2 heterocycles. The second kappa shape index (κ2) is 6.29. The van der Waals surface area contributed by atoms with Crippen molar-refractivity contribution in [1.29, 1.82) is 0 Å². The zero-order chi connectivity index (χ0) is 13.7. The molecular weight excluding hydrogens is 260 g/mol. The van der Waals surface area contributed by atoms with E-state index in [1.807, 2.05) is 24.4 Å². The lowest BCUT2D eigenvalue weighted by Gasteiger charge is -2.15. The van der Waals surface area contributed by atoms with E-state index in [-0.39, 0.29) is 5.91 Å². The Morgan fingerprint density at radius 1 is 1.42 bits per heavy atom. The normalized spacial score (nSPS) is 10.2. The monoisotopic (exact) mass is 276 g/mol. The Morgan fingerprint density at radius 3 is 2.95 bits per heavy atom. The van der Waals surface area contributed by atoms with Gasteiger partial charge in [-0.1, -0.05) is 0 Å². The number of amides is 1. The largest absolute Gasteiger partial charge is 0.362 e. The minimum atomic E-state index is -0.105. The highest BCUT2D eigenvalue weighted by atomic mass is 32.1. The average molecular weight is 276 g/mol. The van der Waals surface area contributed by atoms with Gasteiger partial charge in [0.15, 0.2) is 0 Å². The first-order chi connectivity index (χ1) is 9.18. The van der Waals surface area contributed by atoms with Crippen molar-refractivity contribution < 1.29 is 4.79 Å². The van der Waals surface area contributed by atoms with Gasteiger partial charge in [-0.25, -0.2) is 9.97 Å². The van der Waals surface area contributed by atoms with Crippen molar-refractivity contribution >= 4 is 23.1 Å². The van der Waals surface area contributed by atoms with Crippen molar-refractivity contribution in [2.75, 3.05) is 25.5 Å². The van der Waals surface area contributed by atoms with Crippen LogP contribution in [-0.4, -0.2) is 36.5 Å². The van der Waals surface area contributed by atoms with Gasteiger partial charge in [0, 0.05) is 38.6 Å². The van der Waals surface area contributed by atoms with Crippen LogP contribution in [0, 0.1) is 0 Å². The zero-order valence-electron chi connectivity index (χ0n) is 11.0. The molecule has 6 heteroatoms. The molecule has 0 unspecified atom stereocenters. The number of nitrogens with zero attached hydrogens (tertiary/aromatic N) is 3. The number of nitrogens with one attached hydrogen (secondary N) is 1. The predicted molar refractivity (Wildman–Crippen MR) is 76.7 cm³/mol. The standard InChI is InChI=1S/C13H16N4OS/c1-17(2)12-11(4-3-6-14-12)13(18)15-7-5-10-8-19-9-16-10/h3-4,6,8-9H,5,7H2,1-2H3,(H,15,18). The summed E-state index contributed by atoms with van der Waals surface area (Å²) < 4.78 is 0. The van der Waals surface area contributed by atoms with Crippen LogP contribution in [0.3, 0.4) is 0 Å². The van der Waals surface area contributed by atoms with Gasteiger partial charge >= 0.3 is 0 Å². The van der Waals surface area contributed by atoms with Crippen molar-refractivity contribution in [2.24, 2.45) is 0 Å². The Balaban J connectivity index is 1.96. The minimum Gasteiger partial charge on any atom is -0.362 e. The first-order valence-corrected chi connectivity index (χ1v) is 6.90. The molecule has 0 fully saturated rings. The fourth-order valence-corrected chi connectivity index (χ4v) is 2.28. The quantitative estimate of drug-likeness (QED) is 0.900. The van der Waals surface area contributed by atoms with E-state index in [1.165, 1.54) is 0 Å². The summed E-state index contributed by atoms with van der Waals surface area (Å²) in [5, 5.41) is 4.88. The maximum atomic E-state index is 12.1. The van der Waals surface area contributed by atoms with E-state index in [0.29, 0.717) is 17.9 Å². The van der Waals surface area contributed by atoms with Crippen LogP contribution >= 0.6 is 11.3 Å². The summed E-state index contributed by atoms with van der Waals surface area (Å²) in [6.07, 6.45) is 2.42. The number of aromatic nitrogens is 2. The maximum absolute atomic E-state index is 12.1. The molecule has 2 aromatic heterocycles. The Kier molecular flexibility index (Phi) is 4.46. The smallest absolute Gasteiger partial charge is 0.255 e. The third-order valence-electron chi connectivity index (χ3n) is 2.61. The van der Waals surface area contributed by atoms with E-state index in [1.54, 1.807) is 35.2 Å². The van der Waals surface area contributed by atoms with Crippen LogP contribution in [0.15, 0.2) is 29.2 Å². The van der Waals surface area contributed by atoms with Gasteiger partial charge in [0.2, 0.25) is 0 Å². The van der Waals surface area contributed by atoms with Gasteiger partial charge in [0.1, 0.15) is 5.82 Å². The Hall–Kier alpha value is -1.95. The molecule has 0 aliphatic heterocycles. The summed E-state index contributed by atoms with van der Waals surface area (Å²) in [7, 11) is 3.74. The molecule has 0 radical (unpaired) electrons. The second-order valence-corrected chi connectivity index (χ2v) is 4.97. The summed E-state index contributed by atoms with van der Waals surface area (Å²) in [6.45, 7) is 0.574. The van der Waals surface area contributed by atoms with Crippen molar-refractivity contribution in [2.45, 2.75) is 6.42 Å². The number of carbonyl (C=O) groups is 1. The van der Waals surface area contributed by atoms with Crippen molar-refractivity contribution in [3.8, 4) is 0 Å². The highest BCUT2D eigenvalue weighted by Gasteiger charge is 2.12. The van der Waals surface area contributed by atoms with Crippen LogP contribution in [0.25, 0.3) is 0 Å². The fraction of sp³-hybridized carbons (Fsp3) is 0.308. The second-order valence-electron chi connectivity index (χ2n) is 4.25. The van der Waals surface area contributed by atoms with Crippen LogP contribution in [-0.2, 0) is 6.42 Å². The van der Waals surface area contributed by atoms with Crippen molar-refractivity contribution in [1.82, 2.24) is 15.3 Å². The van der Waals surface area contributed by atoms with Gasteiger partial charge in [0.25, 0.3) is 5.91 Å². The van der Waals surface area contributed by atoms with Gasteiger partial charge in [-0.05, 0) is 12.1 Å². The average Bonchev–Trinajstić information content (AvgIpc) is 2.91. The predicted octanol–water partition coefficient (Wildman–Crippen LogP) is 1.58. The molecule has 2 aromatic rings. The molecule has 2 rings (SSSR count). The van der Waals surface area contributed by atoms with E-state index in [9.17, 15) is 4.79 Å². The maximum Gasteiger partial charge on any atom is 0.255 e. The van der Waals surface area contributed by atoms with E-state index < -0.39 is 0 Å². The van der Waals surface area contributed by atoms with Crippen molar-refractivity contribution in [3.05, 3.63) is 40.5 Å². The summed E-state index contributed by atoms with van der Waals surface area (Å²) in [5.41, 5.74) is 3.39. The molecule has 19 heavy (non-hydrogen) atoms. The summed E-state index contributed by atoms with van der Waals surface area (Å²) >= 11 is 1.56. The van der Waals surface area contributed by atoms with E-state index >= 15 is 0 Å². The molecular formula is C13H16N4OS. The van der Waals surface area contributed by atoms with Gasteiger partial charge in [-0.3, -0.25) is 4.79 Å².